The molecule has 1 saturated heterocycles. The number of hydrogen-bond donors (Lipinski definition) is 0. The highest BCUT2D eigenvalue weighted by Crippen LogP contribution is 2.21. The Morgan fingerprint density at radius 2 is 2.09 bits per heavy atom. The number of aromatic nitrogens is 2. The van der Waals surface area contributed by atoms with E-state index in [1.807, 2.05) is 10.3 Å². The Morgan fingerprint density at radius 3 is 2.82 bits per heavy atom. The van der Waals surface area contributed by atoms with E-state index in [2.05, 4.69) is 18.8 Å². The summed E-state index contributed by atoms with van der Waals surface area (Å²) in [5.41, 5.74) is -0.0561. The monoisotopic (exact) mass is 319 g/mol. The van der Waals surface area contributed by atoms with E-state index in [0.29, 0.717) is 30.2 Å². The van der Waals surface area contributed by atoms with Crippen molar-refractivity contribution in [1.82, 2.24) is 14.5 Å². The maximum atomic E-state index is 12.4. The van der Waals surface area contributed by atoms with Crippen LogP contribution < -0.4 is 5.56 Å². The lowest BCUT2D eigenvalue weighted by Gasteiger charge is -2.35. The van der Waals surface area contributed by atoms with Crippen molar-refractivity contribution in [1.29, 1.82) is 0 Å². The Kier molecular flexibility index (Phi) is 4.29. The molecule has 0 aromatic carbocycles. The smallest absolute Gasteiger partial charge is 0.262 e. The van der Waals surface area contributed by atoms with Crippen LogP contribution in [0.4, 0.5) is 0 Å². The minimum absolute atomic E-state index is 0.0561. The van der Waals surface area contributed by atoms with Gasteiger partial charge in [-0.1, -0.05) is 13.8 Å². The largest absolute Gasteiger partial charge is 0.342 e. The third-order valence-corrected chi connectivity index (χ3v) is 5.06. The molecule has 0 radical (unpaired) electrons. The molecule has 1 aliphatic rings. The lowest BCUT2D eigenvalue weighted by Crippen LogP contribution is -2.43. The second-order valence-corrected chi connectivity index (χ2v) is 7.27. The van der Waals surface area contributed by atoms with Gasteiger partial charge in [0.15, 0.2) is 0 Å². The van der Waals surface area contributed by atoms with Gasteiger partial charge in [0.1, 0.15) is 4.83 Å². The predicted molar refractivity (Wildman–Crippen MR) is 88.0 cm³/mol. The van der Waals surface area contributed by atoms with Gasteiger partial charge in [0.25, 0.3) is 5.56 Å². The summed E-state index contributed by atoms with van der Waals surface area (Å²) in [7, 11) is 0. The van der Waals surface area contributed by atoms with E-state index >= 15 is 0 Å². The van der Waals surface area contributed by atoms with Crippen molar-refractivity contribution in [3.05, 3.63) is 28.1 Å². The molecule has 2 unspecified atom stereocenters. The maximum absolute atomic E-state index is 12.4. The number of piperidine rings is 1. The number of likely N-dealkylation sites (tertiary alicyclic amines) is 1. The number of thiophene rings is 1. The van der Waals surface area contributed by atoms with Crippen LogP contribution in [0.25, 0.3) is 10.2 Å². The molecule has 3 heterocycles. The summed E-state index contributed by atoms with van der Waals surface area (Å²) in [6.45, 7) is 6.44. The van der Waals surface area contributed by atoms with Crippen LogP contribution in [0.1, 0.15) is 26.7 Å². The number of carbonyl (C=O) groups is 1. The van der Waals surface area contributed by atoms with Crippen molar-refractivity contribution in [2.24, 2.45) is 11.8 Å². The molecule has 0 bridgehead atoms. The van der Waals surface area contributed by atoms with Crippen LogP contribution in [0.3, 0.4) is 0 Å². The molecule has 0 aliphatic carbocycles. The molecule has 1 fully saturated rings. The fourth-order valence-electron chi connectivity index (χ4n) is 3.29. The number of nitrogens with zero attached hydrogens (tertiary/aromatic N) is 3. The van der Waals surface area contributed by atoms with Crippen molar-refractivity contribution in [2.75, 3.05) is 13.1 Å². The molecule has 2 aromatic rings. The SMILES string of the molecule is CC1CC(C)CN(C(=O)CCn2cnc3sccc3c2=O)C1. The van der Waals surface area contributed by atoms with Crippen LogP contribution >= 0.6 is 11.3 Å². The van der Waals surface area contributed by atoms with Crippen LogP contribution in [0, 0.1) is 11.8 Å². The molecule has 0 spiro atoms. The van der Waals surface area contributed by atoms with Gasteiger partial charge in [0, 0.05) is 26.1 Å². The first-order chi connectivity index (χ1) is 10.5. The molecule has 6 heteroatoms. The topological polar surface area (TPSA) is 55.2 Å². The second kappa shape index (κ2) is 6.20. The molecule has 0 N–H and O–H groups in total. The molecule has 22 heavy (non-hydrogen) atoms. The molecule has 5 nitrogen and oxygen atoms in total. The quantitative estimate of drug-likeness (QED) is 0.872. The van der Waals surface area contributed by atoms with Crippen LogP contribution in [0.2, 0.25) is 0 Å². The van der Waals surface area contributed by atoms with E-state index in [-0.39, 0.29) is 11.5 Å². The number of aryl methyl sites for hydroxylation is 1. The van der Waals surface area contributed by atoms with Crippen LogP contribution in [0.5, 0.6) is 0 Å². The summed E-state index contributed by atoms with van der Waals surface area (Å²) < 4.78 is 1.55. The van der Waals surface area contributed by atoms with Crippen LogP contribution in [-0.2, 0) is 11.3 Å². The Balaban J connectivity index is 1.67. The number of hydrogen-bond acceptors (Lipinski definition) is 4. The maximum Gasteiger partial charge on any atom is 0.262 e. The van der Waals surface area contributed by atoms with Gasteiger partial charge in [0.2, 0.25) is 5.91 Å². The first-order valence-electron chi connectivity index (χ1n) is 7.75. The molecular weight excluding hydrogens is 298 g/mol. The lowest BCUT2D eigenvalue weighted by atomic mass is 9.92. The molecule has 0 saturated carbocycles. The van der Waals surface area contributed by atoms with Gasteiger partial charge in [-0.25, -0.2) is 4.98 Å². The molecule has 2 aromatic heterocycles. The number of carbonyl (C=O) groups excluding carboxylic acids is 1. The van der Waals surface area contributed by atoms with Gasteiger partial charge < -0.3 is 4.90 Å². The van der Waals surface area contributed by atoms with E-state index in [1.165, 1.54) is 17.8 Å². The minimum Gasteiger partial charge on any atom is -0.342 e. The minimum atomic E-state index is -0.0561. The average Bonchev–Trinajstić information content (AvgIpc) is 2.94. The van der Waals surface area contributed by atoms with Gasteiger partial charge in [-0.2, -0.15) is 0 Å². The highest BCUT2D eigenvalue weighted by atomic mass is 32.1. The summed E-state index contributed by atoms with van der Waals surface area (Å²) in [6.07, 6.45) is 3.09. The van der Waals surface area contributed by atoms with Gasteiger partial charge >= 0.3 is 0 Å². The van der Waals surface area contributed by atoms with Gasteiger partial charge in [-0.05, 0) is 29.7 Å². The van der Waals surface area contributed by atoms with Crippen LogP contribution in [0.15, 0.2) is 22.6 Å². The van der Waals surface area contributed by atoms with Crippen molar-refractivity contribution >= 4 is 27.5 Å². The number of amides is 1. The van der Waals surface area contributed by atoms with Gasteiger partial charge in [-0.3, -0.25) is 14.2 Å². The second-order valence-electron chi connectivity index (χ2n) is 6.38. The zero-order valence-electron chi connectivity index (χ0n) is 13.0. The Labute approximate surface area is 133 Å². The standard InChI is InChI=1S/C16H21N3O2S/c1-11-7-12(2)9-19(8-11)14(20)3-5-18-10-17-15-13(16(18)21)4-6-22-15/h4,6,10-12H,3,5,7-9H2,1-2H3. The van der Waals surface area contributed by atoms with Crippen LogP contribution in [-0.4, -0.2) is 33.4 Å². The third-order valence-electron chi connectivity index (χ3n) is 4.24. The van der Waals surface area contributed by atoms with E-state index in [1.54, 1.807) is 17.0 Å². The molecule has 2 atom stereocenters. The summed E-state index contributed by atoms with van der Waals surface area (Å²) in [5.74, 6) is 1.24. The van der Waals surface area contributed by atoms with E-state index < -0.39 is 0 Å². The number of fused-ring (bicyclic) bond motifs is 1. The third kappa shape index (κ3) is 3.06. The fraction of sp³-hybridized carbons (Fsp3) is 0.562. The summed E-state index contributed by atoms with van der Waals surface area (Å²) in [5, 5.41) is 2.51. The molecule has 3 rings (SSSR count). The van der Waals surface area contributed by atoms with Crippen molar-refractivity contribution in [2.45, 2.75) is 33.2 Å². The van der Waals surface area contributed by atoms with E-state index in [0.717, 1.165) is 17.9 Å². The Bertz CT molecular complexity index is 726. The normalized spacial score (nSPS) is 22.2. The molecular formula is C16H21N3O2S. The van der Waals surface area contributed by atoms with Crippen molar-refractivity contribution in [3.8, 4) is 0 Å². The van der Waals surface area contributed by atoms with E-state index in [9.17, 15) is 9.59 Å². The van der Waals surface area contributed by atoms with E-state index in [4.69, 9.17) is 0 Å². The molecule has 1 amide bonds. The first-order valence-corrected chi connectivity index (χ1v) is 8.63. The average molecular weight is 319 g/mol. The Morgan fingerprint density at radius 1 is 1.36 bits per heavy atom. The molecule has 118 valence electrons. The van der Waals surface area contributed by atoms with Gasteiger partial charge in [0.05, 0.1) is 11.7 Å². The zero-order chi connectivity index (χ0) is 15.7. The summed E-state index contributed by atoms with van der Waals surface area (Å²) in [6, 6.07) is 1.79. The number of rotatable bonds is 3. The van der Waals surface area contributed by atoms with Crippen molar-refractivity contribution in [3.63, 3.8) is 0 Å². The highest BCUT2D eigenvalue weighted by molar-refractivity contribution is 7.16. The molecule has 1 aliphatic heterocycles. The summed E-state index contributed by atoms with van der Waals surface area (Å²) in [4.78, 5) is 31.6. The summed E-state index contributed by atoms with van der Waals surface area (Å²) >= 11 is 1.46. The fourth-order valence-corrected chi connectivity index (χ4v) is 4.02. The van der Waals surface area contributed by atoms with Crippen molar-refractivity contribution < 1.29 is 4.79 Å². The first kappa shape index (κ1) is 15.2. The Hall–Kier alpha value is -1.69. The highest BCUT2D eigenvalue weighted by Gasteiger charge is 2.25. The van der Waals surface area contributed by atoms with Gasteiger partial charge in [-0.15, -0.1) is 11.3 Å². The zero-order valence-corrected chi connectivity index (χ0v) is 13.8. The predicted octanol–water partition coefficient (Wildman–Crippen LogP) is 2.35. The lowest BCUT2D eigenvalue weighted by molar-refractivity contribution is -0.134.